The number of carbonyl (C=O) groups is 1. The van der Waals surface area contributed by atoms with Crippen LogP contribution in [0.4, 0.5) is 0 Å². The Morgan fingerprint density at radius 1 is 1.29 bits per heavy atom. The molecule has 3 fully saturated rings. The van der Waals surface area contributed by atoms with Gasteiger partial charge in [-0.2, -0.15) is 0 Å². The fourth-order valence-electron chi connectivity index (χ4n) is 6.88. The molecule has 5 rings (SSSR count). The highest BCUT2D eigenvalue weighted by Gasteiger charge is 2.60. The zero-order valence-electron chi connectivity index (χ0n) is 17.4. The Balaban J connectivity index is 0.00000192. The predicted octanol–water partition coefficient (Wildman–Crippen LogP) is 4.65. The first-order valence-electron chi connectivity index (χ1n) is 11.0. The lowest BCUT2D eigenvalue weighted by Crippen LogP contribution is -2.65. The summed E-state index contributed by atoms with van der Waals surface area (Å²) in [6.45, 7) is 6.94. The number of Topliss-reactive ketones (excluding diaryl/α,β-unsaturated/α-hetero) is 1. The molecule has 2 saturated carbocycles. The van der Waals surface area contributed by atoms with Gasteiger partial charge in [0.05, 0.1) is 7.11 Å². The molecule has 1 saturated heterocycles. The van der Waals surface area contributed by atoms with Crippen molar-refractivity contribution in [3.63, 3.8) is 0 Å². The Kier molecular flexibility index (Phi) is 5.29. The maximum atomic E-state index is 13.1. The highest BCUT2D eigenvalue weighted by molar-refractivity contribution is 5.85. The molecule has 0 amide bonds. The maximum Gasteiger partial charge on any atom is 0.136 e. The van der Waals surface area contributed by atoms with E-state index in [1.165, 1.54) is 30.5 Å². The first-order valence-corrected chi connectivity index (χ1v) is 11.0. The Bertz CT molecular complexity index is 761. The van der Waals surface area contributed by atoms with Crippen molar-refractivity contribution >= 4 is 18.2 Å². The highest BCUT2D eigenvalue weighted by atomic mass is 35.5. The first-order chi connectivity index (χ1) is 13.1. The SMILES string of the molecule is CC[C@@H]1[C@@H](C)C(=O)CC23CCN(CC4CC4)C(Cc4ccc(OC)cc42)[C@@H]13.Cl. The third kappa shape index (κ3) is 2.92. The van der Waals surface area contributed by atoms with Crippen molar-refractivity contribution in [1.29, 1.82) is 0 Å². The molecule has 3 nitrogen and oxygen atoms in total. The molecule has 0 spiro atoms. The zero-order chi connectivity index (χ0) is 18.8. The van der Waals surface area contributed by atoms with E-state index >= 15 is 0 Å². The summed E-state index contributed by atoms with van der Waals surface area (Å²) in [6.07, 6.45) is 6.97. The molecule has 1 aliphatic heterocycles. The molecular formula is C24H34ClNO2. The van der Waals surface area contributed by atoms with Crippen molar-refractivity contribution in [3.05, 3.63) is 29.3 Å². The van der Waals surface area contributed by atoms with Crippen molar-refractivity contribution in [2.75, 3.05) is 20.2 Å². The minimum Gasteiger partial charge on any atom is -0.497 e. The Labute approximate surface area is 175 Å². The van der Waals surface area contributed by atoms with Gasteiger partial charge in [0.2, 0.25) is 0 Å². The number of nitrogens with zero attached hydrogens (tertiary/aromatic N) is 1. The van der Waals surface area contributed by atoms with Gasteiger partial charge in [-0.15, -0.1) is 12.4 Å². The van der Waals surface area contributed by atoms with Crippen LogP contribution < -0.4 is 4.74 Å². The van der Waals surface area contributed by atoms with Crippen molar-refractivity contribution in [2.45, 2.75) is 63.8 Å². The second kappa shape index (κ2) is 7.32. The molecule has 0 radical (unpaired) electrons. The van der Waals surface area contributed by atoms with E-state index in [4.69, 9.17) is 4.74 Å². The molecule has 4 aliphatic rings. The van der Waals surface area contributed by atoms with Gasteiger partial charge in [0.1, 0.15) is 11.5 Å². The number of fused-ring (bicyclic) bond motifs is 1. The number of piperidine rings is 1. The van der Waals surface area contributed by atoms with Crippen molar-refractivity contribution in [3.8, 4) is 5.75 Å². The van der Waals surface area contributed by atoms with Crippen LogP contribution in [0.15, 0.2) is 18.2 Å². The largest absolute Gasteiger partial charge is 0.497 e. The van der Waals surface area contributed by atoms with E-state index in [0.29, 0.717) is 23.7 Å². The summed E-state index contributed by atoms with van der Waals surface area (Å²) in [4.78, 5) is 15.9. The predicted molar refractivity (Wildman–Crippen MR) is 114 cm³/mol. The average Bonchev–Trinajstić information content (AvgIpc) is 3.49. The lowest BCUT2D eigenvalue weighted by Gasteiger charge is -2.62. The first kappa shape index (κ1) is 20.2. The van der Waals surface area contributed by atoms with Crippen LogP contribution >= 0.6 is 12.4 Å². The van der Waals surface area contributed by atoms with Crippen molar-refractivity contribution < 1.29 is 9.53 Å². The topological polar surface area (TPSA) is 29.5 Å². The van der Waals surface area contributed by atoms with Gasteiger partial charge < -0.3 is 4.74 Å². The number of hydrogen-bond donors (Lipinski definition) is 0. The van der Waals surface area contributed by atoms with Gasteiger partial charge in [0.15, 0.2) is 0 Å². The smallest absolute Gasteiger partial charge is 0.136 e. The normalized spacial score (nSPS) is 36.9. The van der Waals surface area contributed by atoms with Gasteiger partial charge in [0, 0.05) is 30.3 Å². The summed E-state index contributed by atoms with van der Waals surface area (Å²) in [5.74, 6) is 3.70. The Morgan fingerprint density at radius 2 is 2.07 bits per heavy atom. The number of hydrogen-bond acceptors (Lipinski definition) is 3. The van der Waals surface area contributed by atoms with E-state index in [2.05, 4.69) is 36.9 Å². The summed E-state index contributed by atoms with van der Waals surface area (Å²) in [6, 6.07) is 7.27. The second-order valence-corrected chi connectivity index (χ2v) is 9.67. The van der Waals surface area contributed by atoms with Gasteiger partial charge in [-0.05, 0) is 73.2 Å². The molecule has 1 aromatic carbocycles. The van der Waals surface area contributed by atoms with Crippen LogP contribution in [0.5, 0.6) is 5.75 Å². The maximum absolute atomic E-state index is 13.1. The lowest BCUT2D eigenvalue weighted by molar-refractivity contribution is -0.139. The number of benzene rings is 1. The van der Waals surface area contributed by atoms with E-state index in [9.17, 15) is 4.79 Å². The zero-order valence-corrected chi connectivity index (χ0v) is 18.3. The summed E-state index contributed by atoms with van der Waals surface area (Å²) in [5.41, 5.74) is 2.94. The van der Waals surface area contributed by atoms with E-state index in [-0.39, 0.29) is 23.7 Å². The minimum atomic E-state index is 0. The third-order valence-corrected chi connectivity index (χ3v) is 8.41. The van der Waals surface area contributed by atoms with Gasteiger partial charge in [-0.25, -0.2) is 0 Å². The molecular weight excluding hydrogens is 370 g/mol. The van der Waals surface area contributed by atoms with Crippen LogP contribution in [0.1, 0.15) is 57.1 Å². The van der Waals surface area contributed by atoms with Gasteiger partial charge in [-0.3, -0.25) is 9.69 Å². The molecule has 28 heavy (non-hydrogen) atoms. The summed E-state index contributed by atoms with van der Waals surface area (Å²) >= 11 is 0. The van der Waals surface area contributed by atoms with E-state index in [0.717, 1.165) is 43.9 Å². The molecule has 4 heteroatoms. The van der Waals surface area contributed by atoms with Gasteiger partial charge in [-0.1, -0.05) is 26.3 Å². The quantitative estimate of drug-likeness (QED) is 0.733. The molecule has 1 aromatic rings. The monoisotopic (exact) mass is 403 g/mol. The van der Waals surface area contributed by atoms with E-state index < -0.39 is 0 Å². The average molecular weight is 404 g/mol. The molecule has 154 valence electrons. The fraction of sp³-hybridized carbons (Fsp3) is 0.708. The molecule has 0 N–H and O–H groups in total. The third-order valence-electron chi connectivity index (χ3n) is 8.41. The molecule has 5 atom stereocenters. The van der Waals surface area contributed by atoms with Crippen LogP contribution in [0.3, 0.4) is 0 Å². The second-order valence-electron chi connectivity index (χ2n) is 9.67. The van der Waals surface area contributed by atoms with E-state index in [1.54, 1.807) is 7.11 Å². The van der Waals surface area contributed by atoms with Crippen LogP contribution in [0, 0.1) is 23.7 Å². The van der Waals surface area contributed by atoms with Gasteiger partial charge in [0.25, 0.3) is 0 Å². The summed E-state index contributed by atoms with van der Waals surface area (Å²) in [5, 5.41) is 0. The number of likely N-dealkylation sites (tertiary alicyclic amines) is 1. The number of carbonyl (C=O) groups excluding carboxylic acids is 1. The fourth-order valence-corrected chi connectivity index (χ4v) is 6.88. The molecule has 3 aliphatic carbocycles. The lowest BCUT2D eigenvalue weighted by atomic mass is 9.47. The number of rotatable bonds is 4. The number of methoxy groups -OCH3 is 1. The number of ether oxygens (including phenoxy) is 1. The minimum absolute atomic E-state index is 0. The van der Waals surface area contributed by atoms with Gasteiger partial charge >= 0.3 is 0 Å². The molecule has 2 unspecified atom stereocenters. The molecule has 0 aromatic heterocycles. The summed E-state index contributed by atoms with van der Waals surface area (Å²) < 4.78 is 5.58. The molecule has 1 heterocycles. The van der Waals surface area contributed by atoms with Crippen LogP contribution in [0.25, 0.3) is 0 Å². The van der Waals surface area contributed by atoms with E-state index in [1.807, 2.05) is 0 Å². The van der Waals surface area contributed by atoms with Crippen LogP contribution in [0.2, 0.25) is 0 Å². The highest BCUT2D eigenvalue weighted by Crippen LogP contribution is 2.59. The van der Waals surface area contributed by atoms with Crippen LogP contribution in [-0.4, -0.2) is 36.9 Å². The molecule has 2 bridgehead atoms. The Hall–Kier alpha value is -1.06. The van der Waals surface area contributed by atoms with Crippen molar-refractivity contribution in [1.82, 2.24) is 4.90 Å². The summed E-state index contributed by atoms with van der Waals surface area (Å²) in [7, 11) is 1.75. The number of ketones is 1. The van der Waals surface area contributed by atoms with Crippen LogP contribution in [-0.2, 0) is 16.6 Å². The van der Waals surface area contributed by atoms with Crippen molar-refractivity contribution in [2.24, 2.45) is 23.7 Å². The standard InChI is InChI=1S/C24H33NO2.ClH/c1-4-19-15(2)22(26)13-24-9-10-25(14-16-5-6-16)21(23(19)24)11-17-7-8-18(27-3)12-20(17)24;/h7-8,12,15-16,19,21,23H,4-6,9-11,13-14H2,1-3H3;1H/t15-,19-,21?,23-,24?;/m1./s1. The number of halogens is 1. The Morgan fingerprint density at radius 3 is 2.75 bits per heavy atom.